The van der Waals surface area contributed by atoms with E-state index in [0.29, 0.717) is 11.8 Å². The molecule has 4 nitrogen and oxygen atoms in total. The minimum atomic E-state index is -0.416. The fourth-order valence-corrected chi connectivity index (χ4v) is 1.81. The van der Waals surface area contributed by atoms with Gasteiger partial charge in [0.1, 0.15) is 0 Å². The Morgan fingerprint density at radius 3 is 2.17 bits per heavy atom. The topological polar surface area (TPSA) is 46.4 Å². The van der Waals surface area contributed by atoms with Gasteiger partial charge in [0.05, 0.1) is 4.92 Å². The summed E-state index contributed by atoms with van der Waals surface area (Å²) in [5.74, 6) is 1.06. The van der Waals surface area contributed by atoms with Crippen molar-refractivity contribution in [2.24, 2.45) is 0 Å². The number of halogens is 2. The highest BCUT2D eigenvalue weighted by Gasteiger charge is 2.02. The highest BCUT2D eigenvalue weighted by atomic mass is 35.5. The van der Waals surface area contributed by atoms with Gasteiger partial charge in [0.25, 0.3) is 5.69 Å². The van der Waals surface area contributed by atoms with Gasteiger partial charge in [-0.25, -0.2) is 0 Å². The molecule has 0 atom stereocenters. The van der Waals surface area contributed by atoms with E-state index in [1.165, 1.54) is 12.1 Å². The van der Waals surface area contributed by atoms with E-state index in [1.807, 2.05) is 17.2 Å². The minimum Gasteiger partial charge on any atom is -0.375 e. The molecule has 0 heterocycles. The second-order valence-corrected chi connectivity index (χ2v) is 4.33. The Kier molecular flexibility index (Phi) is 6.54. The summed E-state index contributed by atoms with van der Waals surface area (Å²) in [7, 11) is 0. The van der Waals surface area contributed by atoms with Crippen molar-refractivity contribution in [3.05, 3.63) is 46.1 Å². The molecule has 0 N–H and O–H groups in total. The normalized spacial score (nSPS) is 10.8. The van der Waals surface area contributed by atoms with Crippen LogP contribution in [0.5, 0.6) is 0 Å². The third kappa shape index (κ3) is 4.94. The molecule has 98 valence electrons. The number of rotatable bonds is 7. The molecular formula is C12H14Cl2N2O2. The van der Waals surface area contributed by atoms with Crippen LogP contribution in [0, 0.1) is 10.1 Å². The first kappa shape index (κ1) is 14.8. The van der Waals surface area contributed by atoms with Gasteiger partial charge in [0.2, 0.25) is 0 Å². The molecule has 0 saturated carbocycles. The third-order valence-electron chi connectivity index (χ3n) is 2.33. The summed E-state index contributed by atoms with van der Waals surface area (Å²) < 4.78 is 0. The van der Waals surface area contributed by atoms with E-state index in [1.54, 1.807) is 12.1 Å². The summed E-state index contributed by atoms with van der Waals surface area (Å²) in [6, 6.07) is 6.36. The molecule has 0 aromatic heterocycles. The maximum Gasteiger partial charge on any atom is 0.269 e. The lowest BCUT2D eigenvalue weighted by atomic mass is 10.2. The molecule has 6 heteroatoms. The average Bonchev–Trinajstić information content (AvgIpc) is 2.37. The van der Waals surface area contributed by atoms with Crippen LogP contribution in [0.2, 0.25) is 0 Å². The summed E-state index contributed by atoms with van der Waals surface area (Å²) in [6.07, 6.45) is 3.77. The highest BCUT2D eigenvalue weighted by Crippen LogP contribution is 2.13. The fourth-order valence-electron chi connectivity index (χ4n) is 1.38. The Hall–Kier alpha value is -1.26. The van der Waals surface area contributed by atoms with Gasteiger partial charge in [-0.1, -0.05) is 0 Å². The van der Waals surface area contributed by atoms with Gasteiger partial charge < -0.3 is 4.90 Å². The van der Waals surface area contributed by atoms with Crippen molar-refractivity contribution in [3.63, 3.8) is 0 Å². The van der Waals surface area contributed by atoms with E-state index in [4.69, 9.17) is 23.2 Å². The molecule has 1 rings (SSSR count). The summed E-state index contributed by atoms with van der Waals surface area (Å²) in [6.45, 7) is 1.44. The molecule has 0 saturated heterocycles. The predicted molar refractivity (Wildman–Crippen MR) is 75.1 cm³/mol. The third-order valence-corrected chi connectivity index (χ3v) is 2.66. The first-order valence-corrected chi connectivity index (χ1v) is 6.53. The molecule has 0 bridgehead atoms. The molecule has 0 fully saturated rings. The van der Waals surface area contributed by atoms with Crippen LogP contribution >= 0.6 is 23.2 Å². The molecule has 0 aliphatic carbocycles. The summed E-state index contributed by atoms with van der Waals surface area (Å²) in [4.78, 5) is 12.1. The Morgan fingerprint density at radius 2 is 1.72 bits per heavy atom. The number of nitro groups is 1. The van der Waals surface area contributed by atoms with E-state index >= 15 is 0 Å². The van der Waals surface area contributed by atoms with E-state index in [-0.39, 0.29) is 5.69 Å². The van der Waals surface area contributed by atoms with Gasteiger partial charge in [0.15, 0.2) is 0 Å². The zero-order valence-corrected chi connectivity index (χ0v) is 11.3. The van der Waals surface area contributed by atoms with Crippen LogP contribution < -0.4 is 0 Å². The first-order chi connectivity index (χ1) is 8.67. The maximum atomic E-state index is 10.5. The number of hydrogen-bond acceptors (Lipinski definition) is 3. The Bertz CT molecular complexity index is 401. The van der Waals surface area contributed by atoms with Crippen LogP contribution in [0.3, 0.4) is 0 Å². The van der Waals surface area contributed by atoms with Crippen molar-refractivity contribution >= 4 is 35.0 Å². The monoisotopic (exact) mass is 288 g/mol. The van der Waals surface area contributed by atoms with Gasteiger partial charge in [-0.05, 0) is 30.0 Å². The highest BCUT2D eigenvalue weighted by molar-refractivity contribution is 6.18. The Balaban J connectivity index is 2.67. The number of benzene rings is 1. The Labute approximate surface area is 116 Å². The fraction of sp³-hybridized carbons (Fsp3) is 0.333. The van der Waals surface area contributed by atoms with Crippen LogP contribution in [0.15, 0.2) is 30.5 Å². The van der Waals surface area contributed by atoms with Crippen LogP contribution in [0.1, 0.15) is 5.56 Å². The van der Waals surface area contributed by atoms with Crippen molar-refractivity contribution in [1.29, 1.82) is 0 Å². The lowest BCUT2D eigenvalue weighted by Crippen LogP contribution is -2.21. The number of hydrogen-bond donors (Lipinski definition) is 0. The molecule has 0 aliphatic rings. The summed E-state index contributed by atoms with van der Waals surface area (Å²) in [5.41, 5.74) is 0.986. The lowest BCUT2D eigenvalue weighted by molar-refractivity contribution is -0.384. The standard InChI is InChI=1S/C12H14Cl2N2O2/c13-6-9-15(10-7-14)8-5-11-1-3-12(4-2-11)16(17)18/h1-5,8H,6-7,9-10H2. The van der Waals surface area contributed by atoms with Gasteiger partial charge in [0, 0.05) is 37.0 Å². The van der Waals surface area contributed by atoms with Crippen LogP contribution in [-0.4, -0.2) is 34.7 Å². The van der Waals surface area contributed by atoms with Crippen molar-refractivity contribution < 1.29 is 4.92 Å². The van der Waals surface area contributed by atoms with Crippen LogP contribution in [-0.2, 0) is 0 Å². The number of nitro benzene ring substituents is 1. The van der Waals surface area contributed by atoms with Crippen molar-refractivity contribution in [1.82, 2.24) is 4.90 Å². The molecular weight excluding hydrogens is 275 g/mol. The minimum absolute atomic E-state index is 0.0884. The molecule has 0 spiro atoms. The van der Waals surface area contributed by atoms with Crippen molar-refractivity contribution in [3.8, 4) is 0 Å². The summed E-state index contributed by atoms with van der Waals surface area (Å²) >= 11 is 11.4. The number of non-ortho nitro benzene ring substituents is 1. The smallest absolute Gasteiger partial charge is 0.269 e. The molecule has 0 aliphatic heterocycles. The molecule has 0 amide bonds. The van der Waals surface area contributed by atoms with Gasteiger partial charge in [-0.15, -0.1) is 23.2 Å². The molecule has 18 heavy (non-hydrogen) atoms. The van der Waals surface area contributed by atoms with E-state index in [2.05, 4.69) is 0 Å². The molecule has 1 aromatic carbocycles. The SMILES string of the molecule is O=[N+]([O-])c1ccc(C=CN(CCCl)CCCl)cc1. The summed E-state index contributed by atoms with van der Waals surface area (Å²) in [5, 5.41) is 10.5. The van der Waals surface area contributed by atoms with Gasteiger partial charge in [-0.2, -0.15) is 0 Å². The van der Waals surface area contributed by atoms with E-state index in [9.17, 15) is 10.1 Å². The second-order valence-electron chi connectivity index (χ2n) is 3.58. The van der Waals surface area contributed by atoms with Crippen molar-refractivity contribution in [2.75, 3.05) is 24.8 Å². The maximum absolute atomic E-state index is 10.5. The lowest BCUT2D eigenvalue weighted by Gasteiger charge is -2.17. The predicted octanol–water partition coefficient (Wildman–Crippen LogP) is 3.35. The van der Waals surface area contributed by atoms with Crippen LogP contribution in [0.25, 0.3) is 6.08 Å². The van der Waals surface area contributed by atoms with Crippen LogP contribution in [0.4, 0.5) is 5.69 Å². The second kappa shape index (κ2) is 7.95. The van der Waals surface area contributed by atoms with Crippen molar-refractivity contribution in [2.45, 2.75) is 0 Å². The number of alkyl halides is 2. The molecule has 1 aromatic rings. The quantitative estimate of drug-likeness (QED) is 0.439. The average molecular weight is 289 g/mol. The van der Waals surface area contributed by atoms with Gasteiger partial charge >= 0.3 is 0 Å². The number of nitrogens with zero attached hydrogens (tertiary/aromatic N) is 2. The Morgan fingerprint density at radius 1 is 1.17 bits per heavy atom. The van der Waals surface area contributed by atoms with E-state index < -0.39 is 4.92 Å². The molecule has 0 radical (unpaired) electrons. The largest absolute Gasteiger partial charge is 0.375 e. The molecule has 0 unspecified atom stereocenters. The van der Waals surface area contributed by atoms with E-state index in [0.717, 1.165) is 18.7 Å². The van der Waals surface area contributed by atoms with Gasteiger partial charge in [-0.3, -0.25) is 10.1 Å². The zero-order chi connectivity index (χ0) is 13.4. The first-order valence-electron chi connectivity index (χ1n) is 5.46. The zero-order valence-electron chi connectivity index (χ0n) is 9.76.